The van der Waals surface area contributed by atoms with Crippen LogP contribution in [0, 0.1) is 6.92 Å². The molecule has 0 fully saturated rings. The Balaban J connectivity index is 1.87. The molecular weight excluding hydrogens is 238 g/mol. The van der Waals surface area contributed by atoms with Crippen molar-refractivity contribution >= 4 is 6.21 Å². The monoisotopic (exact) mass is 255 g/mol. The van der Waals surface area contributed by atoms with Crippen molar-refractivity contribution in [2.24, 2.45) is 5.16 Å². The first-order chi connectivity index (χ1) is 9.29. The van der Waals surface area contributed by atoms with E-state index in [-0.39, 0.29) is 0 Å². The summed E-state index contributed by atoms with van der Waals surface area (Å²) in [5, 5.41) is 3.98. The Labute approximate surface area is 113 Å². The number of hydrogen-bond donors (Lipinski definition) is 0. The van der Waals surface area contributed by atoms with Crippen molar-refractivity contribution in [1.29, 1.82) is 0 Å². The van der Waals surface area contributed by atoms with Crippen molar-refractivity contribution in [3.63, 3.8) is 0 Å². The van der Waals surface area contributed by atoms with Crippen molar-refractivity contribution in [1.82, 2.24) is 0 Å². The lowest BCUT2D eigenvalue weighted by molar-refractivity contribution is 0.132. The average Bonchev–Trinajstić information content (AvgIpc) is 2.46. The van der Waals surface area contributed by atoms with E-state index in [1.807, 2.05) is 55.5 Å². The normalized spacial score (nSPS) is 10.6. The number of hydrogen-bond acceptors (Lipinski definition) is 3. The highest BCUT2D eigenvalue weighted by Gasteiger charge is 1.95. The Kier molecular flexibility index (Phi) is 4.56. The molecule has 19 heavy (non-hydrogen) atoms. The quantitative estimate of drug-likeness (QED) is 0.604. The molecule has 0 aliphatic rings. The lowest BCUT2D eigenvalue weighted by atomic mass is 10.1. The molecule has 98 valence electrons. The van der Waals surface area contributed by atoms with E-state index < -0.39 is 0 Å². The molecule has 0 heterocycles. The number of ether oxygens (including phenoxy) is 1. The molecule has 0 saturated carbocycles. The van der Waals surface area contributed by atoms with Crippen LogP contribution in [0.4, 0.5) is 0 Å². The number of oxime groups is 1. The molecule has 2 aromatic rings. The second kappa shape index (κ2) is 6.59. The minimum atomic E-state index is 0.451. The highest BCUT2D eigenvalue weighted by molar-refractivity contribution is 5.81. The highest BCUT2D eigenvalue weighted by atomic mass is 16.6. The molecule has 0 aliphatic carbocycles. The summed E-state index contributed by atoms with van der Waals surface area (Å²) in [4.78, 5) is 5.28. The third-order valence-electron chi connectivity index (χ3n) is 2.85. The van der Waals surface area contributed by atoms with Gasteiger partial charge in [0, 0.05) is 0 Å². The molecule has 0 radical (unpaired) electrons. The molecule has 0 aliphatic heterocycles. The number of methoxy groups -OCH3 is 1. The van der Waals surface area contributed by atoms with Crippen LogP contribution in [0.25, 0.3) is 0 Å². The standard InChI is InChI=1S/C16H17NO2/c1-13-5-3-4-6-15(13)11-17-19-12-14-7-9-16(18-2)10-8-14/h3-11H,12H2,1-2H3. The van der Waals surface area contributed by atoms with Gasteiger partial charge in [0.1, 0.15) is 12.4 Å². The van der Waals surface area contributed by atoms with Gasteiger partial charge in [-0.3, -0.25) is 0 Å². The zero-order valence-corrected chi connectivity index (χ0v) is 11.2. The van der Waals surface area contributed by atoms with Gasteiger partial charge >= 0.3 is 0 Å². The summed E-state index contributed by atoms with van der Waals surface area (Å²) in [5.74, 6) is 0.840. The maximum absolute atomic E-state index is 5.28. The van der Waals surface area contributed by atoms with Crippen LogP contribution < -0.4 is 4.74 Å². The first-order valence-corrected chi connectivity index (χ1v) is 6.13. The van der Waals surface area contributed by atoms with Gasteiger partial charge in [0.25, 0.3) is 0 Å². The molecule has 0 unspecified atom stereocenters. The molecule has 0 saturated heterocycles. The van der Waals surface area contributed by atoms with Crippen molar-refractivity contribution in [2.75, 3.05) is 7.11 Å². The fourth-order valence-electron chi connectivity index (χ4n) is 1.66. The number of aryl methyl sites for hydroxylation is 1. The number of nitrogens with zero attached hydrogens (tertiary/aromatic N) is 1. The Morgan fingerprint density at radius 2 is 1.79 bits per heavy atom. The van der Waals surface area contributed by atoms with Gasteiger partial charge in [-0.2, -0.15) is 0 Å². The fourth-order valence-corrected chi connectivity index (χ4v) is 1.66. The predicted molar refractivity (Wildman–Crippen MR) is 76.6 cm³/mol. The SMILES string of the molecule is COc1ccc(CON=Cc2ccccc2C)cc1. The van der Waals surface area contributed by atoms with Crippen LogP contribution in [0.15, 0.2) is 53.7 Å². The van der Waals surface area contributed by atoms with E-state index in [0.29, 0.717) is 6.61 Å². The van der Waals surface area contributed by atoms with E-state index in [2.05, 4.69) is 5.16 Å². The van der Waals surface area contributed by atoms with Crippen molar-refractivity contribution < 1.29 is 9.57 Å². The summed E-state index contributed by atoms with van der Waals surface area (Å²) in [6.07, 6.45) is 1.73. The van der Waals surface area contributed by atoms with Gasteiger partial charge in [-0.25, -0.2) is 0 Å². The Bertz CT molecular complexity index is 547. The van der Waals surface area contributed by atoms with Crippen LogP contribution in [0.1, 0.15) is 16.7 Å². The second-order valence-electron chi connectivity index (χ2n) is 4.21. The molecule has 0 N–H and O–H groups in total. The van der Waals surface area contributed by atoms with Gasteiger partial charge < -0.3 is 9.57 Å². The van der Waals surface area contributed by atoms with Crippen LogP contribution in [0.2, 0.25) is 0 Å². The molecular formula is C16H17NO2. The molecule has 0 aromatic heterocycles. The molecule has 3 nitrogen and oxygen atoms in total. The molecule has 2 rings (SSSR count). The van der Waals surface area contributed by atoms with E-state index in [1.165, 1.54) is 5.56 Å². The predicted octanol–water partition coefficient (Wildman–Crippen LogP) is 3.55. The summed E-state index contributed by atoms with van der Waals surface area (Å²) in [7, 11) is 1.65. The van der Waals surface area contributed by atoms with Gasteiger partial charge in [-0.1, -0.05) is 41.6 Å². The maximum atomic E-state index is 5.28. The Morgan fingerprint density at radius 1 is 1.05 bits per heavy atom. The number of rotatable bonds is 5. The Hall–Kier alpha value is -2.29. The van der Waals surface area contributed by atoms with Gasteiger partial charge in [0.15, 0.2) is 0 Å². The minimum Gasteiger partial charge on any atom is -0.497 e. The zero-order valence-electron chi connectivity index (χ0n) is 11.2. The number of benzene rings is 2. The van der Waals surface area contributed by atoms with Crippen LogP contribution in [-0.2, 0) is 11.4 Å². The minimum absolute atomic E-state index is 0.451. The topological polar surface area (TPSA) is 30.8 Å². The average molecular weight is 255 g/mol. The molecule has 0 atom stereocenters. The van der Waals surface area contributed by atoms with E-state index in [9.17, 15) is 0 Å². The zero-order chi connectivity index (χ0) is 13.5. The lowest BCUT2D eigenvalue weighted by Gasteiger charge is -2.02. The van der Waals surface area contributed by atoms with E-state index in [0.717, 1.165) is 16.9 Å². The van der Waals surface area contributed by atoms with Crippen molar-refractivity contribution in [3.05, 3.63) is 65.2 Å². The van der Waals surface area contributed by atoms with Crippen LogP contribution in [0.3, 0.4) is 0 Å². The van der Waals surface area contributed by atoms with Gasteiger partial charge in [-0.05, 0) is 35.7 Å². The summed E-state index contributed by atoms with van der Waals surface area (Å²) in [6, 6.07) is 15.8. The Morgan fingerprint density at radius 3 is 2.47 bits per heavy atom. The first-order valence-electron chi connectivity index (χ1n) is 6.13. The second-order valence-corrected chi connectivity index (χ2v) is 4.21. The van der Waals surface area contributed by atoms with Crippen LogP contribution in [0.5, 0.6) is 5.75 Å². The highest BCUT2D eigenvalue weighted by Crippen LogP contribution is 2.12. The van der Waals surface area contributed by atoms with E-state index in [4.69, 9.17) is 9.57 Å². The summed E-state index contributed by atoms with van der Waals surface area (Å²) < 4.78 is 5.10. The molecule has 0 amide bonds. The van der Waals surface area contributed by atoms with E-state index in [1.54, 1.807) is 13.3 Å². The lowest BCUT2D eigenvalue weighted by Crippen LogP contribution is -1.90. The van der Waals surface area contributed by atoms with Crippen molar-refractivity contribution in [3.8, 4) is 5.75 Å². The summed E-state index contributed by atoms with van der Waals surface area (Å²) in [5.41, 5.74) is 3.30. The van der Waals surface area contributed by atoms with Crippen LogP contribution in [-0.4, -0.2) is 13.3 Å². The smallest absolute Gasteiger partial charge is 0.142 e. The fraction of sp³-hybridized carbons (Fsp3) is 0.188. The van der Waals surface area contributed by atoms with Gasteiger partial charge in [0.2, 0.25) is 0 Å². The van der Waals surface area contributed by atoms with Gasteiger partial charge in [-0.15, -0.1) is 0 Å². The van der Waals surface area contributed by atoms with E-state index >= 15 is 0 Å². The van der Waals surface area contributed by atoms with Gasteiger partial charge in [0.05, 0.1) is 13.3 Å². The van der Waals surface area contributed by atoms with Crippen LogP contribution >= 0.6 is 0 Å². The summed E-state index contributed by atoms with van der Waals surface area (Å²) >= 11 is 0. The molecule has 0 spiro atoms. The third kappa shape index (κ3) is 3.85. The van der Waals surface area contributed by atoms with Crippen molar-refractivity contribution in [2.45, 2.75) is 13.5 Å². The first kappa shape index (κ1) is 13.1. The largest absolute Gasteiger partial charge is 0.497 e. The maximum Gasteiger partial charge on any atom is 0.142 e. The third-order valence-corrected chi connectivity index (χ3v) is 2.85. The molecule has 3 heteroatoms. The molecule has 0 bridgehead atoms. The molecule has 2 aromatic carbocycles. The summed E-state index contributed by atoms with van der Waals surface area (Å²) in [6.45, 7) is 2.50.